The number of carbonyl (C=O) groups is 4. The van der Waals surface area contributed by atoms with Gasteiger partial charge in [0.1, 0.15) is 38.9 Å². The molecule has 2 aromatic heterocycles. The highest BCUT2D eigenvalue weighted by atomic mass is 32.2. The number of β-lactam (4-membered cyclic amide) rings is 1. The lowest BCUT2D eigenvalue weighted by Gasteiger charge is -2.49. The number of esters is 2. The van der Waals surface area contributed by atoms with Crippen molar-refractivity contribution in [1.82, 2.24) is 30.2 Å². The number of hydrogen-bond donors (Lipinski definition) is 2. The van der Waals surface area contributed by atoms with Gasteiger partial charge in [-0.2, -0.15) is 0 Å². The Morgan fingerprint density at radius 3 is 1.43 bits per heavy atom. The number of anilines is 1. The first-order chi connectivity index (χ1) is 49.7. The molecule has 0 bridgehead atoms. The summed E-state index contributed by atoms with van der Waals surface area (Å²) in [4.78, 5) is 73.3. The highest BCUT2D eigenvalue weighted by molar-refractivity contribution is 8.18. The summed E-state index contributed by atoms with van der Waals surface area (Å²) in [5.74, 6) is -2.59. The average Bonchev–Trinajstić information content (AvgIpc) is 0.818. The first-order valence-corrected chi connectivity index (χ1v) is 36.7. The summed E-state index contributed by atoms with van der Waals surface area (Å²) in [5, 5.41) is 23.1. The topological polar surface area (TPSA) is 179 Å². The van der Waals surface area contributed by atoms with Gasteiger partial charge < -0.3 is 24.9 Å². The van der Waals surface area contributed by atoms with Crippen molar-refractivity contribution in [2.75, 3.05) is 16.2 Å². The van der Waals surface area contributed by atoms with Gasteiger partial charge in [0.05, 0.1) is 11.3 Å². The van der Waals surface area contributed by atoms with E-state index in [4.69, 9.17) is 29.6 Å². The molecular weight excluding hydrogens is 1340 g/mol. The Morgan fingerprint density at radius 2 is 0.980 bits per heavy atom. The number of nitrogens with one attached hydrogen (secondary N) is 2. The molecule has 2 N–H and O–H groups in total. The van der Waals surface area contributed by atoms with Gasteiger partial charge in [0.15, 0.2) is 23.1 Å². The van der Waals surface area contributed by atoms with Gasteiger partial charge in [-0.3, -0.25) is 14.5 Å². The fourth-order valence-electron chi connectivity index (χ4n) is 12.8. The zero-order valence-corrected chi connectivity index (χ0v) is 57.8. The minimum absolute atomic E-state index is 0.0643. The van der Waals surface area contributed by atoms with Crippen molar-refractivity contribution in [3.05, 3.63) is 387 Å². The molecule has 3 atom stereocenters. The van der Waals surface area contributed by atoms with Gasteiger partial charge in [-0.05, 0) is 62.6 Å². The van der Waals surface area contributed by atoms with Crippen molar-refractivity contribution in [3.8, 4) is 0 Å². The van der Waals surface area contributed by atoms with E-state index in [0.29, 0.717) is 20.1 Å². The lowest BCUT2D eigenvalue weighted by atomic mass is 9.77. The van der Waals surface area contributed by atoms with Crippen LogP contribution in [-0.4, -0.2) is 82.7 Å². The number of benzene rings is 10. The van der Waals surface area contributed by atoms with Crippen molar-refractivity contribution in [2.24, 2.45) is 5.16 Å². The Bertz CT molecular complexity index is 4590. The molecule has 4 heterocycles. The molecule has 0 unspecified atom stereocenters. The first-order valence-electron chi connectivity index (χ1n) is 32.8. The monoisotopic (exact) mass is 1400 g/mol. The van der Waals surface area contributed by atoms with Crippen LogP contribution in [0.3, 0.4) is 0 Å². The standard InChI is InChI=1S/C82H66N8O7S4/c1-56(78(93)95-73(57-32-12-2-13-33-57)58-34-14-3-15-35-58)97-87-70(67-53-99-80(83-67)85-81(61-40-20-6-21-41-61,62-42-22-7-23-43-62)63-44-24-8-25-45-63)75(91)84-71-76(92)90-72(79(94)96-74(59-36-16-4-17-37-59)60-38-18-5-19-39-60)68(54-98-77(71)90)100-55-101-69-52-89(88-86-69)82(64-46-26-9-27-47-64,65-48-28-10-29-49-65)66-50-30-11-31-51-66/h2-53,56,71,73-74,77H,54-55H2,1H3,(H,83,85)(H,84,91)/b87-70-/t56-,71+,77+/m0/s1. The first kappa shape index (κ1) is 67.1. The summed E-state index contributed by atoms with van der Waals surface area (Å²) in [6.07, 6.45) is -1.03. The number of ether oxygens (including phenoxy) is 2. The number of fused-ring (bicyclic) bond motifs is 1. The zero-order chi connectivity index (χ0) is 69.0. The van der Waals surface area contributed by atoms with Gasteiger partial charge in [0.2, 0.25) is 6.10 Å². The van der Waals surface area contributed by atoms with Crippen LogP contribution in [-0.2, 0) is 44.6 Å². The largest absolute Gasteiger partial charge is 0.450 e. The van der Waals surface area contributed by atoms with Crippen LogP contribution < -0.4 is 10.6 Å². The SMILES string of the molecule is C[C@H](O/N=C(\C(=O)N[C@@H]1C(=O)N2C(C(=O)OC(c3ccccc3)c3ccccc3)=C(SCSc3cn(C(c4ccccc4)(c4ccccc4)c4ccccc4)nn3)CS[C@H]12)c1csc(NC(c2ccccc2)(c2ccccc2)c2ccccc2)n1)C(=O)OC(c1ccccc1)c1ccccc1. The molecule has 2 amide bonds. The summed E-state index contributed by atoms with van der Waals surface area (Å²) in [7, 11) is 0. The normalized spacial score (nSPS) is 14.9. The zero-order valence-electron chi connectivity index (χ0n) is 54.5. The second-order valence-electron chi connectivity index (χ2n) is 23.8. The number of thioether (sulfide) groups is 3. The third kappa shape index (κ3) is 14.1. The van der Waals surface area contributed by atoms with Crippen LogP contribution in [0.25, 0.3) is 0 Å². The number of oxime groups is 1. The van der Waals surface area contributed by atoms with Crippen molar-refractivity contribution in [1.29, 1.82) is 0 Å². The number of aromatic nitrogens is 4. The van der Waals surface area contributed by atoms with Gasteiger partial charge in [-0.15, -0.1) is 40.0 Å². The van der Waals surface area contributed by atoms with Crippen molar-refractivity contribution in [2.45, 2.75) is 52.8 Å². The quantitative estimate of drug-likeness (QED) is 0.00994. The molecule has 0 saturated carbocycles. The Morgan fingerprint density at radius 1 is 0.564 bits per heavy atom. The van der Waals surface area contributed by atoms with Gasteiger partial charge in [0.25, 0.3) is 11.8 Å². The Kier molecular flexibility index (Phi) is 20.6. The van der Waals surface area contributed by atoms with E-state index in [9.17, 15) is 4.79 Å². The maximum atomic E-state index is 15.4. The number of rotatable bonds is 26. The summed E-state index contributed by atoms with van der Waals surface area (Å²) in [5.41, 5.74) is 6.62. The molecule has 1 fully saturated rings. The van der Waals surface area contributed by atoms with Crippen LogP contribution in [0.5, 0.6) is 0 Å². The molecule has 19 heteroatoms. The molecule has 1 saturated heterocycles. The van der Waals surface area contributed by atoms with E-state index in [0.717, 1.165) is 55.6 Å². The van der Waals surface area contributed by atoms with Crippen molar-refractivity contribution in [3.63, 3.8) is 0 Å². The predicted octanol–water partition coefficient (Wildman–Crippen LogP) is 15.8. The number of thiazole rings is 1. The third-order valence-electron chi connectivity index (χ3n) is 17.6. The molecule has 2 aliphatic heterocycles. The maximum Gasteiger partial charge on any atom is 0.356 e. The molecule has 500 valence electrons. The molecule has 15 nitrogen and oxygen atoms in total. The second-order valence-corrected chi connectivity index (χ2v) is 28.2. The third-order valence-corrected chi connectivity index (χ3v) is 22.0. The fourth-order valence-corrected chi connectivity index (χ4v) is 17.1. The molecule has 2 aliphatic rings. The van der Waals surface area contributed by atoms with E-state index in [1.165, 1.54) is 58.4 Å². The van der Waals surface area contributed by atoms with Crippen LogP contribution in [0.15, 0.2) is 336 Å². The van der Waals surface area contributed by atoms with Crippen molar-refractivity contribution < 1.29 is 33.5 Å². The predicted molar refractivity (Wildman–Crippen MR) is 399 cm³/mol. The highest BCUT2D eigenvalue weighted by Gasteiger charge is 2.55. The van der Waals surface area contributed by atoms with Gasteiger partial charge in [-0.1, -0.05) is 325 Å². The molecule has 0 aliphatic carbocycles. The van der Waals surface area contributed by atoms with Gasteiger partial charge >= 0.3 is 11.9 Å². The summed E-state index contributed by atoms with van der Waals surface area (Å²) < 4.78 is 14.7. The molecular formula is C82H66N8O7S4. The molecule has 0 spiro atoms. The molecule has 101 heavy (non-hydrogen) atoms. The van der Waals surface area contributed by atoms with E-state index >= 15 is 14.4 Å². The van der Waals surface area contributed by atoms with E-state index in [1.807, 2.05) is 278 Å². The smallest absolute Gasteiger partial charge is 0.356 e. The lowest BCUT2D eigenvalue weighted by molar-refractivity contribution is -0.160. The van der Waals surface area contributed by atoms with Crippen LogP contribution in [0, 0.1) is 0 Å². The van der Waals surface area contributed by atoms with Crippen molar-refractivity contribution >= 4 is 81.2 Å². The Balaban J connectivity index is 0.780. The van der Waals surface area contributed by atoms with Gasteiger partial charge in [-0.25, -0.2) is 19.3 Å². The number of nitrogens with zero attached hydrogens (tertiary/aromatic N) is 6. The van der Waals surface area contributed by atoms with Gasteiger partial charge in [0, 0.05) is 16.0 Å². The van der Waals surface area contributed by atoms with Crippen LogP contribution in [0.4, 0.5) is 5.13 Å². The van der Waals surface area contributed by atoms with E-state index in [2.05, 4.69) is 52.2 Å². The molecule has 0 radical (unpaired) electrons. The number of hydrogen-bond acceptors (Lipinski definition) is 16. The average molecular weight is 1400 g/mol. The van der Waals surface area contributed by atoms with E-state index in [-0.39, 0.29) is 22.9 Å². The summed E-state index contributed by atoms with van der Waals surface area (Å²) in [6.45, 7) is 1.49. The Hall–Kier alpha value is -11.1. The number of carbonyl (C=O) groups excluding carboxylic acids is 4. The molecule has 10 aromatic carbocycles. The molecule has 12 aromatic rings. The maximum absolute atomic E-state index is 15.4. The van der Waals surface area contributed by atoms with E-state index in [1.54, 1.807) is 5.38 Å². The fraction of sp³-hybridized carbons (Fsp3) is 0.122. The van der Waals surface area contributed by atoms with E-state index < -0.39 is 64.6 Å². The van der Waals surface area contributed by atoms with Crippen LogP contribution >= 0.6 is 46.6 Å². The highest BCUT2D eigenvalue weighted by Crippen LogP contribution is 2.47. The second kappa shape index (κ2) is 31.0. The van der Waals surface area contributed by atoms with Crippen LogP contribution in [0.2, 0.25) is 0 Å². The molecule has 14 rings (SSSR count). The summed E-state index contributed by atoms with van der Waals surface area (Å²) in [6, 6.07) is 97.2. The van der Waals surface area contributed by atoms with Crippen LogP contribution in [0.1, 0.15) is 80.5 Å². The summed E-state index contributed by atoms with van der Waals surface area (Å²) >= 11 is 5.48. The minimum Gasteiger partial charge on any atom is -0.450 e. The Labute approximate surface area is 601 Å². The lowest BCUT2D eigenvalue weighted by Crippen LogP contribution is -2.71. The minimum atomic E-state index is -1.35. The number of amides is 2.